The largest absolute Gasteiger partial charge is 0.378 e. The zero-order chi connectivity index (χ0) is 10.5. The van der Waals surface area contributed by atoms with Crippen LogP contribution in [0.5, 0.6) is 0 Å². The number of hydrogen-bond donors (Lipinski definition) is 1. The van der Waals surface area contributed by atoms with E-state index in [2.05, 4.69) is 5.32 Å². The van der Waals surface area contributed by atoms with Gasteiger partial charge in [-0.05, 0) is 51.0 Å². The summed E-state index contributed by atoms with van der Waals surface area (Å²) in [5.74, 6) is 0.803. The number of ether oxygens (including phenoxy) is 1. The first kappa shape index (κ1) is 11.7. The Kier molecular flexibility index (Phi) is 4.73. The van der Waals surface area contributed by atoms with Gasteiger partial charge < -0.3 is 10.1 Å². The van der Waals surface area contributed by atoms with Crippen LogP contribution in [0.15, 0.2) is 0 Å². The van der Waals surface area contributed by atoms with Gasteiger partial charge in [0, 0.05) is 18.5 Å². The van der Waals surface area contributed by atoms with Crippen molar-refractivity contribution < 1.29 is 4.74 Å². The van der Waals surface area contributed by atoms with Crippen LogP contribution in [0.2, 0.25) is 0 Å². The van der Waals surface area contributed by atoms with Crippen molar-refractivity contribution in [3.05, 3.63) is 0 Å². The van der Waals surface area contributed by atoms with Gasteiger partial charge in [-0.3, -0.25) is 0 Å². The van der Waals surface area contributed by atoms with Gasteiger partial charge in [0.25, 0.3) is 0 Å². The molecular weight excluding hydrogens is 210 g/mol. The van der Waals surface area contributed by atoms with Crippen molar-refractivity contribution in [1.82, 2.24) is 5.32 Å². The van der Waals surface area contributed by atoms with Crippen molar-refractivity contribution in [2.45, 2.75) is 50.0 Å². The molecule has 15 heavy (non-hydrogen) atoms. The summed E-state index contributed by atoms with van der Waals surface area (Å²) in [4.78, 5) is 0. The highest BCUT2D eigenvalue weighted by Crippen LogP contribution is 2.35. The van der Waals surface area contributed by atoms with Gasteiger partial charge in [-0.15, -0.1) is 11.6 Å². The molecule has 3 heteroatoms. The first-order chi connectivity index (χ1) is 7.36. The lowest BCUT2D eigenvalue weighted by Crippen LogP contribution is -2.26. The SMILES string of the molecule is ClC(CNCCCC1CCCO1)C1CC1. The molecule has 2 aliphatic rings. The number of hydrogen-bond acceptors (Lipinski definition) is 2. The van der Waals surface area contributed by atoms with E-state index in [-0.39, 0.29) is 0 Å². The quantitative estimate of drug-likeness (QED) is 0.537. The van der Waals surface area contributed by atoms with Gasteiger partial charge in [0.1, 0.15) is 0 Å². The van der Waals surface area contributed by atoms with Gasteiger partial charge >= 0.3 is 0 Å². The summed E-state index contributed by atoms with van der Waals surface area (Å²) >= 11 is 6.20. The highest BCUT2D eigenvalue weighted by Gasteiger charge is 2.29. The molecule has 1 N–H and O–H groups in total. The average molecular weight is 232 g/mol. The molecule has 0 amide bonds. The molecule has 88 valence electrons. The van der Waals surface area contributed by atoms with E-state index in [0.717, 1.165) is 25.6 Å². The summed E-state index contributed by atoms with van der Waals surface area (Å²) in [5.41, 5.74) is 0. The van der Waals surface area contributed by atoms with Crippen LogP contribution in [-0.2, 0) is 4.74 Å². The second-order valence-corrected chi connectivity index (χ2v) is 5.40. The lowest BCUT2D eigenvalue weighted by atomic mass is 10.1. The summed E-state index contributed by atoms with van der Waals surface area (Å²) in [5, 5.41) is 3.81. The smallest absolute Gasteiger partial charge is 0.0576 e. The highest BCUT2D eigenvalue weighted by atomic mass is 35.5. The van der Waals surface area contributed by atoms with Crippen LogP contribution >= 0.6 is 11.6 Å². The average Bonchev–Trinajstić information content (AvgIpc) is 2.97. The molecule has 0 spiro atoms. The zero-order valence-corrected chi connectivity index (χ0v) is 10.1. The molecule has 1 aliphatic carbocycles. The Bertz CT molecular complexity index is 174. The first-order valence-corrected chi connectivity index (χ1v) is 6.76. The maximum Gasteiger partial charge on any atom is 0.0576 e. The highest BCUT2D eigenvalue weighted by molar-refractivity contribution is 6.21. The summed E-state index contributed by atoms with van der Waals surface area (Å²) in [6.07, 6.45) is 8.17. The van der Waals surface area contributed by atoms with Gasteiger partial charge in [0.15, 0.2) is 0 Å². The van der Waals surface area contributed by atoms with E-state index in [4.69, 9.17) is 16.3 Å². The van der Waals surface area contributed by atoms with E-state index in [0.29, 0.717) is 11.5 Å². The predicted octanol–water partition coefficient (Wildman–Crippen LogP) is 2.55. The lowest BCUT2D eigenvalue weighted by molar-refractivity contribution is 0.102. The maximum absolute atomic E-state index is 6.20. The maximum atomic E-state index is 6.20. The topological polar surface area (TPSA) is 21.3 Å². The van der Waals surface area contributed by atoms with Crippen molar-refractivity contribution in [3.63, 3.8) is 0 Å². The zero-order valence-electron chi connectivity index (χ0n) is 9.38. The molecule has 2 rings (SSSR count). The van der Waals surface area contributed by atoms with Crippen LogP contribution in [0, 0.1) is 5.92 Å². The third kappa shape index (κ3) is 4.29. The molecule has 1 aliphatic heterocycles. The van der Waals surface area contributed by atoms with E-state index in [1.54, 1.807) is 0 Å². The Hall–Kier alpha value is 0.210. The third-order valence-corrected chi connectivity index (χ3v) is 3.89. The number of halogens is 1. The van der Waals surface area contributed by atoms with Gasteiger partial charge in [-0.25, -0.2) is 0 Å². The molecule has 2 atom stereocenters. The van der Waals surface area contributed by atoms with Crippen LogP contribution in [0.3, 0.4) is 0 Å². The fourth-order valence-electron chi connectivity index (χ4n) is 2.19. The van der Waals surface area contributed by atoms with Gasteiger partial charge in [-0.1, -0.05) is 0 Å². The molecule has 2 fully saturated rings. The predicted molar refractivity (Wildman–Crippen MR) is 63.4 cm³/mol. The molecule has 0 aromatic heterocycles. The van der Waals surface area contributed by atoms with E-state index in [9.17, 15) is 0 Å². The second-order valence-electron chi connectivity index (χ2n) is 4.83. The number of alkyl halides is 1. The summed E-state index contributed by atoms with van der Waals surface area (Å²) in [6, 6.07) is 0. The number of rotatable bonds is 7. The summed E-state index contributed by atoms with van der Waals surface area (Å²) in [6.45, 7) is 3.05. The Morgan fingerprint density at radius 2 is 2.20 bits per heavy atom. The Morgan fingerprint density at radius 3 is 2.87 bits per heavy atom. The van der Waals surface area contributed by atoms with Gasteiger partial charge in [0.05, 0.1) is 6.10 Å². The van der Waals surface area contributed by atoms with Crippen molar-refractivity contribution in [3.8, 4) is 0 Å². The molecule has 0 aromatic rings. The molecular formula is C12H22ClNO. The molecule has 2 unspecified atom stereocenters. The fraction of sp³-hybridized carbons (Fsp3) is 1.00. The minimum Gasteiger partial charge on any atom is -0.378 e. The monoisotopic (exact) mass is 231 g/mol. The van der Waals surface area contributed by atoms with Gasteiger partial charge in [-0.2, -0.15) is 0 Å². The van der Waals surface area contributed by atoms with Crippen LogP contribution in [-0.4, -0.2) is 31.2 Å². The third-order valence-electron chi connectivity index (χ3n) is 3.38. The van der Waals surface area contributed by atoms with Crippen molar-refractivity contribution in [1.29, 1.82) is 0 Å². The van der Waals surface area contributed by atoms with Crippen molar-refractivity contribution >= 4 is 11.6 Å². The van der Waals surface area contributed by atoms with Crippen LogP contribution in [0.4, 0.5) is 0 Å². The molecule has 0 bridgehead atoms. The van der Waals surface area contributed by atoms with E-state index in [1.165, 1.54) is 38.5 Å². The standard InChI is InChI=1S/C12H22ClNO/c13-12(10-5-6-10)9-14-7-1-3-11-4-2-8-15-11/h10-12,14H,1-9H2. The van der Waals surface area contributed by atoms with Crippen molar-refractivity contribution in [2.24, 2.45) is 5.92 Å². The Morgan fingerprint density at radius 1 is 1.33 bits per heavy atom. The molecule has 1 heterocycles. The summed E-state index contributed by atoms with van der Waals surface area (Å²) < 4.78 is 5.57. The fourth-order valence-corrected chi connectivity index (χ4v) is 2.55. The lowest BCUT2D eigenvalue weighted by Gasteiger charge is -2.11. The van der Waals surface area contributed by atoms with E-state index < -0.39 is 0 Å². The minimum atomic E-state index is 0.368. The molecule has 0 aromatic carbocycles. The van der Waals surface area contributed by atoms with Crippen molar-refractivity contribution in [2.75, 3.05) is 19.7 Å². The van der Waals surface area contributed by atoms with E-state index in [1.807, 2.05) is 0 Å². The second kappa shape index (κ2) is 6.07. The normalized spacial score (nSPS) is 28.2. The van der Waals surface area contributed by atoms with Crippen LogP contribution < -0.4 is 5.32 Å². The first-order valence-electron chi connectivity index (χ1n) is 6.32. The summed E-state index contributed by atoms with van der Waals surface area (Å²) in [7, 11) is 0. The Labute approximate surface area is 97.7 Å². The molecule has 2 nitrogen and oxygen atoms in total. The molecule has 1 saturated heterocycles. The Balaban J connectivity index is 1.41. The van der Waals surface area contributed by atoms with E-state index >= 15 is 0 Å². The molecule has 1 saturated carbocycles. The van der Waals surface area contributed by atoms with Crippen LogP contribution in [0.25, 0.3) is 0 Å². The minimum absolute atomic E-state index is 0.368. The number of nitrogens with one attached hydrogen (secondary N) is 1. The van der Waals surface area contributed by atoms with Gasteiger partial charge in [0.2, 0.25) is 0 Å². The van der Waals surface area contributed by atoms with Crippen LogP contribution in [0.1, 0.15) is 38.5 Å². The molecule has 0 radical (unpaired) electrons.